The zero-order valence-electron chi connectivity index (χ0n) is 6.25. The SMILES string of the molecule is CO/C=C/c1ccc(F)cc1. The summed E-state index contributed by atoms with van der Waals surface area (Å²) < 4.78 is 17.1. The van der Waals surface area contributed by atoms with E-state index in [4.69, 9.17) is 4.74 Å². The van der Waals surface area contributed by atoms with E-state index in [9.17, 15) is 4.39 Å². The van der Waals surface area contributed by atoms with Crippen LogP contribution in [0.15, 0.2) is 30.5 Å². The summed E-state index contributed by atoms with van der Waals surface area (Å²) in [5.41, 5.74) is 0.924. The lowest BCUT2D eigenvalue weighted by Gasteiger charge is -1.91. The van der Waals surface area contributed by atoms with Crippen molar-refractivity contribution < 1.29 is 9.13 Å². The first kappa shape index (κ1) is 7.79. The predicted octanol–water partition coefficient (Wildman–Crippen LogP) is 2.44. The lowest BCUT2D eigenvalue weighted by atomic mass is 10.2. The molecule has 0 atom stereocenters. The maximum atomic E-state index is 12.4. The van der Waals surface area contributed by atoms with Crippen molar-refractivity contribution in [2.75, 3.05) is 7.11 Å². The third kappa shape index (κ3) is 2.42. The summed E-state index contributed by atoms with van der Waals surface area (Å²) in [5, 5.41) is 0. The van der Waals surface area contributed by atoms with Gasteiger partial charge in [-0.1, -0.05) is 12.1 Å². The Balaban J connectivity index is 2.73. The highest BCUT2D eigenvalue weighted by Gasteiger charge is 1.87. The summed E-state index contributed by atoms with van der Waals surface area (Å²) in [6, 6.07) is 6.19. The van der Waals surface area contributed by atoms with Crippen LogP contribution >= 0.6 is 0 Å². The molecule has 0 amide bonds. The smallest absolute Gasteiger partial charge is 0.123 e. The highest BCUT2D eigenvalue weighted by Crippen LogP contribution is 2.03. The van der Waals surface area contributed by atoms with Crippen LogP contribution in [0.2, 0.25) is 0 Å². The predicted molar refractivity (Wildman–Crippen MR) is 42.4 cm³/mol. The van der Waals surface area contributed by atoms with Crippen molar-refractivity contribution in [2.45, 2.75) is 0 Å². The maximum absolute atomic E-state index is 12.4. The summed E-state index contributed by atoms with van der Waals surface area (Å²) in [5.74, 6) is -0.223. The van der Waals surface area contributed by atoms with Crippen LogP contribution in [-0.2, 0) is 4.74 Å². The van der Waals surface area contributed by atoms with Gasteiger partial charge in [-0.15, -0.1) is 0 Å². The van der Waals surface area contributed by atoms with Crippen LogP contribution in [0.4, 0.5) is 4.39 Å². The minimum Gasteiger partial charge on any atom is -0.504 e. The number of ether oxygens (including phenoxy) is 1. The van der Waals surface area contributed by atoms with Gasteiger partial charge < -0.3 is 4.74 Å². The van der Waals surface area contributed by atoms with Crippen LogP contribution in [0, 0.1) is 5.82 Å². The fourth-order valence-electron chi connectivity index (χ4n) is 0.721. The zero-order chi connectivity index (χ0) is 8.10. The normalized spacial score (nSPS) is 10.4. The first-order chi connectivity index (χ1) is 5.33. The number of methoxy groups -OCH3 is 1. The Morgan fingerprint density at radius 1 is 1.27 bits per heavy atom. The molecular weight excluding hydrogens is 143 g/mol. The molecule has 1 aromatic rings. The molecule has 0 aromatic heterocycles. The molecule has 2 heteroatoms. The minimum absolute atomic E-state index is 0.223. The number of halogens is 1. The minimum atomic E-state index is -0.223. The van der Waals surface area contributed by atoms with Crippen molar-refractivity contribution in [1.82, 2.24) is 0 Å². The molecule has 0 spiro atoms. The highest BCUT2D eigenvalue weighted by molar-refractivity contribution is 5.47. The average Bonchev–Trinajstić information content (AvgIpc) is 2.04. The van der Waals surface area contributed by atoms with Crippen LogP contribution in [0.25, 0.3) is 6.08 Å². The van der Waals surface area contributed by atoms with Crippen molar-refractivity contribution in [3.63, 3.8) is 0 Å². The van der Waals surface area contributed by atoms with Gasteiger partial charge in [0.1, 0.15) is 5.82 Å². The van der Waals surface area contributed by atoms with Crippen molar-refractivity contribution >= 4 is 6.08 Å². The summed E-state index contributed by atoms with van der Waals surface area (Å²) in [4.78, 5) is 0. The zero-order valence-corrected chi connectivity index (χ0v) is 6.25. The Morgan fingerprint density at radius 2 is 1.91 bits per heavy atom. The number of benzene rings is 1. The molecule has 0 saturated heterocycles. The monoisotopic (exact) mass is 152 g/mol. The van der Waals surface area contributed by atoms with Crippen LogP contribution in [0.5, 0.6) is 0 Å². The van der Waals surface area contributed by atoms with E-state index in [1.54, 1.807) is 31.6 Å². The Kier molecular flexibility index (Phi) is 2.66. The molecule has 58 valence electrons. The van der Waals surface area contributed by atoms with Gasteiger partial charge in [-0.25, -0.2) is 4.39 Å². The van der Waals surface area contributed by atoms with Gasteiger partial charge in [0.25, 0.3) is 0 Å². The molecule has 11 heavy (non-hydrogen) atoms. The maximum Gasteiger partial charge on any atom is 0.123 e. The number of hydrogen-bond donors (Lipinski definition) is 0. The summed E-state index contributed by atoms with van der Waals surface area (Å²) in [6.07, 6.45) is 3.31. The molecular formula is C9H9FO. The second kappa shape index (κ2) is 3.76. The molecule has 0 aliphatic heterocycles. The van der Waals surface area contributed by atoms with E-state index in [-0.39, 0.29) is 5.82 Å². The molecule has 0 bridgehead atoms. The van der Waals surface area contributed by atoms with Gasteiger partial charge >= 0.3 is 0 Å². The lowest BCUT2D eigenvalue weighted by Crippen LogP contribution is -1.74. The van der Waals surface area contributed by atoms with E-state index in [0.29, 0.717) is 0 Å². The van der Waals surface area contributed by atoms with Crippen molar-refractivity contribution in [1.29, 1.82) is 0 Å². The van der Waals surface area contributed by atoms with Crippen molar-refractivity contribution in [3.8, 4) is 0 Å². The van der Waals surface area contributed by atoms with E-state index in [0.717, 1.165) is 5.56 Å². The quantitative estimate of drug-likeness (QED) is 0.591. The topological polar surface area (TPSA) is 9.23 Å². The van der Waals surface area contributed by atoms with Crippen LogP contribution < -0.4 is 0 Å². The highest BCUT2D eigenvalue weighted by atomic mass is 19.1. The van der Waals surface area contributed by atoms with Crippen LogP contribution in [0.3, 0.4) is 0 Å². The fourth-order valence-corrected chi connectivity index (χ4v) is 0.721. The standard InChI is InChI=1S/C9H9FO/c1-11-7-6-8-2-4-9(10)5-3-8/h2-7H,1H3/b7-6+. The van der Waals surface area contributed by atoms with Crippen molar-refractivity contribution in [2.24, 2.45) is 0 Å². The third-order valence-corrected chi connectivity index (χ3v) is 1.27. The van der Waals surface area contributed by atoms with Gasteiger partial charge in [0.2, 0.25) is 0 Å². The summed E-state index contributed by atoms with van der Waals surface area (Å²) >= 11 is 0. The molecule has 0 saturated carbocycles. The first-order valence-electron chi connectivity index (χ1n) is 3.28. The Bertz CT molecular complexity index is 238. The molecule has 0 fully saturated rings. The molecule has 0 aliphatic rings. The second-order valence-corrected chi connectivity index (χ2v) is 2.09. The van der Waals surface area contributed by atoms with Gasteiger partial charge in [0.15, 0.2) is 0 Å². The molecule has 0 radical (unpaired) electrons. The molecule has 0 unspecified atom stereocenters. The van der Waals surface area contributed by atoms with Gasteiger partial charge in [-0.2, -0.15) is 0 Å². The van der Waals surface area contributed by atoms with Gasteiger partial charge in [-0.3, -0.25) is 0 Å². The van der Waals surface area contributed by atoms with E-state index in [1.165, 1.54) is 12.1 Å². The molecule has 1 nitrogen and oxygen atoms in total. The Labute approximate surface area is 65.1 Å². The lowest BCUT2D eigenvalue weighted by molar-refractivity contribution is 0.341. The van der Waals surface area contributed by atoms with E-state index in [1.807, 2.05) is 0 Å². The molecule has 0 heterocycles. The van der Waals surface area contributed by atoms with Gasteiger partial charge in [-0.05, 0) is 23.8 Å². The van der Waals surface area contributed by atoms with E-state index < -0.39 is 0 Å². The Hall–Kier alpha value is -1.31. The largest absolute Gasteiger partial charge is 0.504 e. The second-order valence-electron chi connectivity index (χ2n) is 2.09. The fraction of sp³-hybridized carbons (Fsp3) is 0.111. The van der Waals surface area contributed by atoms with Crippen LogP contribution in [-0.4, -0.2) is 7.11 Å². The number of rotatable bonds is 2. The third-order valence-electron chi connectivity index (χ3n) is 1.27. The molecule has 1 rings (SSSR count). The molecule has 0 N–H and O–H groups in total. The van der Waals surface area contributed by atoms with Crippen LogP contribution in [0.1, 0.15) is 5.56 Å². The molecule has 0 aliphatic carbocycles. The summed E-state index contributed by atoms with van der Waals surface area (Å²) in [6.45, 7) is 0. The molecule has 1 aromatic carbocycles. The first-order valence-corrected chi connectivity index (χ1v) is 3.28. The van der Waals surface area contributed by atoms with Gasteiger partial charge in [0, 0.05) is 0 Å². The summed E-state index contributed by atoms with van der Waals surface area (Å²) in [7, 11) is 1.57. The van der Waals surface area contributed by atoms with E-state index >= 15 is 0 Å². The van der Waals surface area contributed by atoms with Gasteiger partial charge in [0.05, 0.1) is 13.4 Å². The van der Waals surface area contributed by atoms with E-state index in [2.05, 4.69) is 0 Å². The van der Waals surface area contributed by atoms with Crippen molar-refractivity contribution in [3.05, 3.63) is 41.9 Å². The Morgan fingerprint density at radius 3 is 2.45 bits per heavy atom. The average molecular weight is 152 g/mol. The number of hydrogen-bond acceptors (Lipinski definition) is 1.